The van der Waals surface area contributed by atoms with Crippen molar-refractivity contribution in [2.75, 3.05) is 20.3 Å². The van der Waals surface area contributed by atoms with Crippen LogP contribution in [0.4, 0.5) is 0 Å². The number of nitrogens with one attached hydrogen (secondary N) is 1. The van der Waals surface area contributed by atoms with Crippen molar-refractivity contribution in [3.05, 3.63) is 0 Å². The second kappa shape index (κ2) is 6.41. The zero-order valence-electron chi connectivity index (χ0n) is 11.8. The SMILES string of the molecule is COC1CCC(NC(=O)C2(C(N)=NO)CCOCC2)C1. The third-order valence-corrected chi connectivity index (χ3v) is 4.43. The molecule has 2 unspecified atom stereocenters. The Balaban J connectivity index is 2.04. The van der Waals surface area contributed by atoms with Crippen molar-refractivity contribution in [2.45, 2.75) is 44.2 Å². The van der Waals surface area contributed by atoms with E-state index >= 15 is 0 Å². The normalized spacial score (nSPS) is 30.1. The van der Waals surface area contributed by atoms with Gasteiger partial charge in [-0.1, -0.05) is 5.16 Å². The maximum atomic E-state index is 12.6. The maximum absolute atomic E-state index is 12.6. The minimum Gasteiger partial charge on any atom is -0.409 e. The number of carbonyl (C=O) groups is 1. The molecule has 0 aromatic heterocycles. The fraction of sp³-hybridized carbons (Fsp3) is 0.846. The van der Waals surface area contributed by atoms with Crippen LogP contribution >= 0.6 is 0 Å². The first-order chi connectivity index (χ1) is 9.62. The van der Waals surface area contributed by atoms with Crippen molar-refractivity contribution >= 4 is 11.7 Å². The number of nitrogens with zero attached hydrogens (tertiary/aromatic N) is 1. The number of nitrogens with two attached hydrogens (primary N) is 1. The van der Waals surface area contributed by atoms with Gasteiger partial charge in [0.2, 0.25) is 5.91 Å². The molecule has 7 nitrogen and oxygen atoms in total. The number of amidine groups is 1. The summed E-state index contributed by atoms with van der Waals surface area (Å²) in [5, 5.41) is 15.1. The fourth-order valence-corrected chi connectivity index (χ4v) is 3.02. The van der Waals surface area contributed by atoms with Crippen LogP contribution < -0.4 is 11.1 Å². The number of hydrogen-bond donors (Lipinski definition) is 3. The molecule has 2 rings (SSSR count). The lowest BCUT2D eigenvalue weighted by atomic mass is 9.78. The molecule has 4 N–H and O–H groups in total. The highest BCUT2D eigenvalue weighted by Gasteiger charge is 2.45. The molecule has 0 aromatic carbocycles. The molecule has 0 radical (unpaired) electrons. The molecule has 0 spiro atoms. The first-order valence-corrected chi connectivity index (χ1v) is 7.02. The number of methoxy groups -OCH3 is 1. The van der Waals surface area contributed by atoms with Gasteiger partial charge in [-0.2, -0.15) is 0 Å². The van der Waals surface area contributed by atoms with Crippen molar-refractivity contribution < 1.29 is 19.5 Å². The van der Waals surface area contributed by atoms with Gasteiger partial charge in [0.15, 0.2) is 5.84 Å². The predicted octanol–water partition coefficient (Wildman–Crippen LogP) is 0.213. The highest BCUT2D eigenvalue weighted by molar-refractivity contribution is 6.06. The maximum Gasteiger partial charge on any atom is 0.234 e. The van der Waals surface area contributed by atoms with E-state index < -0.39 is 5.41 Å². The summed E-state index contributed by atoms with van der Waals surface area (Å²) in [6, 6.07) is 0.0960. The summed E-state index contributed by atoms with van der Waals surface area (Å²) in [6.45, 7) is 0.879. The summed E-state index contributed by atoms with van der Waals surface area (Å²) in [6.07, 6.45) is 3.73. The van der Waals surface area contributed by atoms with E-state index in [0.29, 0.717) is 26.1 Å². The molecule has 7 heteroatoms. The minimum atomic E-state index is -0.946. The molecule has 114 valence electrons. The van der Waals surface area contributed by atoms with Crippen LogP contribution in [0.5, 0.6) is 0 Å². The second-order valence-corrected chi connectivity index (χ2v) is 5.52. The lowest BCUT2D eigenvalue weighted by Gasteiger charge is -2.35. The van der Waals surface area contributed by atoms with Gasteiger partial charge in [-0.25, -0.2) is 0 Å². The highest BCUT2D eigenvalue weighted by Crippen LogP contribution is 2.32. The first-order valence-electron chi connectivity index (χ1n) is 7.02. The molecular weight excluding hydrogens is 262 g/mol. The van der Waals surface area contributed by atoms with Crippen LogP contribution in [-0.2, 0) is 14.3 Å². The van der Waals surface area contributed by atoms with Gasteiger partial charge in [0.05, 0.1) is 6.10 Å². The molecule has 1 saturated carbocycles. The summed E-state index contributed by atoms with van der Waals surface area (Å²) in [7, 11) is 1.69. The molecule has 2 fully saturated rings. The first kappa shape index (κ1) is 15.1. The summed E-state index contributed by atoms with van der Waals surface area (Å²) < 4.78 is 10.6. The van der Waals surface area contributed by atoms with Gasteiger partial charge in [0.25, 0.3) is 0 Å². The fourth-order valence-electron chi connectivity index (χ4n) is 3.02. The Bertz CT molecular complexity index is 380. The van der Waals surface area contributed by atoms with Crippen LogP contribution in [0.25, 0.3) is 0 Å². The van der Waals surface area contributed by atoms with Gasteiger partial charge < -0.3 is 25.7 Å². The van der Waals surface area contributed by atoms with Crippen LogP contribution in [-0.4, -0.2) is 49.4 Å². The Kier molecular flexibility index (Phi) is 4.82. The van der Waals surface area contributed by atoms with E-state index in [4.69, 9.17) is 20.4 Å². The molecule has 1 aliphatic carbocycles. The molecule has 0 bridgehead atoms. The van der Waals surface area contributed by atoms with E-state index in [1.165, 1.54) is 0 Å². The minimum absolute atomic E-state index is 0.0282. The third-order valence-electron chi connectivity index (χ3n) is 4.43. The van der Waals surface area contributed by atoms with E-state index in [1.54, 1.807) is 7.11 Å². The Morgan fingerprint density at radius 2 is 2.15 bits per heavy atom. The molecule has 1 heterocycles. The summed E-state index contributed by atoms with van der Waals surface area (Å²) in [5.74, 6) is -0.197. The third kappa shape index (κ3) is 2.88. The molecular formula is C13H23N3O4. The van der Waals surface area contributed by atoms with Crippen molar-refractivity contribution in [3.8, 4) is 0 Å². The van der Waals surface area contributed by atoms with Crippen LogP contribution in [0.1, 0.15) is 32.1 Å². The van der Waals surface area contributed by atoms with Crippen LogP contribution in [0.2, 0.25) is 0 Å². The van der Waals surface area contributed by atoms with Crippen LogP contribution in [0.15, 0.2) is 5.16 Å². The molecule has 0 aromatic rings. The van der Waals surface area contributed by atoms with Crippen molar-refractivity contribution in [2.24, 2.45) is 16.3 Å². The zero-order chi connectivity index (χ0) is 14.6. The molecule has 2 atom stereocenters. The van der Waals surface area contributed by atoms with E-state index in [1.807, 2.05) is 0 Å². The van der Waals surface area contributed by atoms with Crippen molar-refractivity contribution in [1.82, 2.24) is 5.32 Å². The van der Waals surface area contributed by atoms with Gasteiger partial charge in [0.1, 0.15) is 5.41 Å². The van der Waals surface area contributed by atoms with Crippen LogP contribution in [0, 0.1) is 5.41 Å². The lowest BCUT2D eigenvalue weighted by molar-refractivity contribution is -0.132. The number of hydrogen-bond acceptors (Lipinski definition) is 5. The van der Waals surface area contributed by atoms with Gasteiger partial charge in [-0.3, -0.25) is 4.79 Å². The number of amides is 1. The average molecular weight is 285 g/mol. The largest absolute Gasteiger partial charge is 0.409 e. The van der Waals surface area contributed by atoms with Crippen molar-refractivity contribution in [3.63, 3.8) is 0 Å². The topological polar surface area (TPSA) is 106 Å². The Hall–Kier alpha value is -1.34. The lowest BCUT2D eigenvalue weighted by Crippen LogP contribution is -2.54. The number of oxime groups is 1. The molecule has 2 aliphatic rings. The van der Waals surface area contributed by atoms with Gasteiger partial charge in [-0.05, 0) is 32.1 Å². The summed E-state index contributed by atoms with van der Waals surface area (Å²) >= 11 is 0. The highest BCUT2D eigenvalue weighted by atomic mass is 16.5. The monoisotopic (exact) mass is 285 g/mol. The van der Waals surface area contributed by atoms with Crippen LogP contribution in [0.3, 0.4) is 0 Å². The Morgan fingerprint density at radius 3 is 2.70 bits per heavy atom. The molecule has 20 heavy (non-hydrogen) atoms. The number of ether oxygens (including phenoxy) is 2. The molecule has 1 saturated heterocycles. The second-order valence-electron chi connectivity index (χ2n) is 5.52. The predicted molar refractivity (Wildman–Crippen MR) is 72.5 cm³/mol. The average Bonchev–Trinajstić information content (AvgIpc) is 2.94. The number of rotatable bonds is 4. The van der Waals surface area contributed by atoms with Gasteiger partial charge >= 0.3 is 0 Å². The number of carbonyl (C=O) groups excluding carboxylic acids is 1. The molecule has 1 amide bonds. The summed E-state index contributed by atoms with van der Waals surface area (Å²) in [4.78, 5) is 12.6. The Morgan fingerprint density at radius 1 is 1.45 bits per heavy atom. The van der Waals surface area contributed by atoms with Gasteiger partial charge in [0, 0.05) is 26.4 Å². The van der Waals surface area contributed by atoms with Crippen molar-refractivity contribution in [1.29, 1.82) is 0 Å². The smallest absolute Gasteiger partial charge is 0.234 e. The van der Waals surface area contributed by atoms with E-state index in [-0.39, 0.29) is 23.9 Å². The quantitative estimate of drug-likeness (QED) is 0.296. The standard InChI is InChI=1S/C13H23N3O4/c1-19-10-3-2-9(8-10)15-12(17)13(11(14)16-18)4-6-20-7-5-13/h9-10,18H,2-8H2,1H3,(H2,14,16)(H,15,17). The van der Waals surface area contributed by atoms with E-state index in [0.717, 1.165) is 19.3 Å². The summed E-state index contributed by atoms with van der Waals surface area (Å²) in [5.41, 5.74) is 4.82. The van der Waals surface area contributed by atoms with Gasteiger partial charge in [-0.15, -0.1) is 0 Å². The van der Waals surface area contributed by atoms with E-state index in [9.17, 15) is 4.79 Å². The zero-order valence-corrected chi connectivity index (χ0v) is 11.8. The van der Waals surface area contributed by atoms with E-state index in [2.05, 4.69) is 10.5 Å². The molecule has 1 aliphatic heterocycles. The Labute approximate surface area is 118 Å².